The fourth-order valence-corrected chi connectivity index (χ4v) is 2.16. The van der Waals surface area contributed by atoms with Crippen LogP contribution in [0.2, 0.25) is 0 Å². The van der Waals surface area contributed by atoms with Crippen molar-refractivity contribution in [2.75, 3.05) is 0 Å². The van der Waals surface area contributed by atoms with Crippen LogP contribution in [0.25, 0.3) is 0 Å². The Kier molecular flexibility index (Phi) is 4.28. The molecule has 0 radical (unpaired) electrons. The van der Waals surface area contributed by atoms with Gasteiger partial charge in [0.1, 0.15) is 11.5 Å². The lowest BCUT2D eigenvalue weighted by molar-refractivity contribution is 0.0951. The Balaban J connectivity index is 1.99. The number of hydrogen-bond acceptors (Lipinski definition) is 2. The van der Waals surface area contributed by atoms with Gasteiger partial charge in [-0.15, -0.1) is 0 Å². The van der Waals surface area contributed by atoms with Gasteiger partial charge in [0.15, 0.2) is 0 Å². The first-order chi connectivity index (χ1) is 9.47. The van der Waals surface area contributed by atoms with E-state index < -0.39 is 0 Å². The quantitative estimate of drug-likeness (QED) is 0.914. The molecule has 1 amide bonds. The number of furan rings is 1. The monoisotopic (exact) mass is 271 g/mol. The predicted octanol–water partition coefficient (Wildman–Crippen LogP) is 3.95. The van der Waals surface area contributed by atoms with Crippen molar-refractivity contribution >= 4 is 5.91 Å². The molecular weight excluding hydrogens is 250 g/mol. The van der Waals surface area contributed by atoms with Crippen molar-refractivity contribution in [2.24, 2.45) is 0 Å². The van der Waals surface area contributed by atoms with Crippen LogP contribution in [0, 0.1) is 13.8 Å². The van der Waals surface area contributed by atoms with Gasteiger partial charge in [-0.05, 0) is 43.5 Å². The number of carbonyl (C=O) groups excluding carboxylic acids is 1. The van der Waals surface area contributed by atoms with Crippen LogP contribution in [0.5, 0.6) is 0 Å². The maximum Gasteiger partial charge on any atom is 0.251 e. The molecule has 0 atom stereocenters. The molecule has 0 spiro atoms. The van der Waals surface area contributed by atoms with Gasteiger partial charge in [-0.2, -0.15) is 0 Å². The number of carbonyl (C=O) groups is 1. The van der Waals surface area contributed by atoms with Crippen LogP contribution < -0.4 is 5.32 Å². The molecule has 3 heteroatoms. The zero-order valence-electron chi connectivity index (χ0n) is 12.5. The summed E-state index contributed by atoms with van der Waals surface area (Å²) in [6.07, 6.45) is 0. The summed E-state index contributed by atoms with van der Waals surface area (Å²) in [5.74, 6) is 2.15. The van der Waals surface area contributed by atoms with Crippen molar-refractivity contribution in [1.82, 2.24) is 5.32 Å². The molecule has 0 aliphatic carbocycles. The van der Waals surface area contributed by atoms with Crippen LogP contribution in [-0.4, -0.2) is 5.91 Å². The molecule has 106 valence electrons. The zero-order chi connectivity index (χ0) is 14.7. The molecule has 0 saturated heterocycles. The highest BCUT2D eigenvalue weighted by Crippen LogP contribution is 2.15. The Bertz CT molecular complexity index is 594. The molecule has 20 heavy (non-hydrogen) atoms. The summed E-state index contributed by atoms with van der Waals surface area (Å²) < 4.78 is 5.44. The molecule has 2 aromatic rings. The van der Waals surface area contributed by atoms with Gasteiger partial charge in [0.25, 0.3) is 5.91 Å². The smallest absolute Gasteiger partial charge is 0.251 e. The lowest BCUT2D eigenvalue weighted by Crippen LogP contribution is -2.22. The Morgan fingerprint density at radius 3 is 2.35 bits per heavy atom. The highest BCUT2D eigenvalue weighted by molar-refractivity contribution is 5.94. The van der Waals surface area contributed by atoms with Gasteiger partial charge in [0.05, 0.1) is 0 Å². The average molecular weight is 271 g/mol. The summed E-state index contributed by atoms with van der Waals surface area (Å²) in [5, 5.41) is 2.92. The minimum atomic E-state index is -0.0569. The number of aryl methyl sites for hydroxylation is 2. The molecule has 0 unspecified atom stereocenters. The summed E-state index contributed by atoms with van der Waals surface area (Å²) in [5.41, 5.74) is 2.95. The summed E-state index contributed by atoms with van der Waals surface area (Å²) in [4.78, 5) is 12.1. The third kappa shape index (κ3) is 3.29. The number of nitrogens with one attached hydrogen (secondary N) is 1. The number of rotatable bonds is 4. The number of hydrogen-bond donors (Lipinski definition) is 1. The molecule has 0 saturated carbocycles. The standard InChI is InChI=1S/C17H21NO2/c1-11(2)14-5-7-15(8-6-14)17(19)18-10-16-9-12(3)20-13(16)4/h5-9,11H,10H2,1-4H3,(H,18,19). The molecule has 1 aromatic heterocycles. The van der Waals surface area contributed by atoms with Crippen molar-refractivity contribution in [2.45, 2.75) is 40.2 Å². The van der Waals surface area contributed by atoms with E-state index in [1.807, 2.05) is 44.2 Å². The molecule has 0 bridgehead atoms. The van der Waals surface area contributed by atoms with Crippen LogP contribution in [-0.2, 0) is 6.54 Å². The molecule has 0 aliphatic heterocycles. The maximum absolute atomic E-state index is 12.1. The molecular formula is C17H21NO2. The van der Waals surface area contributed by atoms with Crippen LogP contribution in [0.1, 0.15) is 52.8 Å². The molecule has 2 rings (SSSR count). The van der Waals surface area contributed by atoms with E-state index in [0.29, 0.717) is 18.0 Å². The Labute approximate surface area is 120 Å². The topological polar surface area (TPSA) is 42.2 Å². The van der Waals surface area contributed by atoms with Gasteiger partial charge in [0.2, 0.25) is 0 Å². The minimum absolute atomic E-state index is 0.0569. The molecule has 1 N–H and O–H groups in total. The van der Waals surface area contributed by atoms with E-state index in [9.17, 15) is 4.79 Å². The van der Waals surface area contributed by atoms with Crippen molar-refractivity contribution in [3.8, 4) is 0 Å². The summed E-state index contributed by atoms with van der Waals surface area (Å²) in [6, 6.07) is 9.72. The molecule has 1 aromatic carbocycles. The number of benzene rings is 1. The van der Waals surface area contributed by atoms with Crippen molar-refractivity contribution in [3.05, 3.63) is 58.5 Å². The average Bonchev–Trinajstić information content (AvgIpc) is 2.74. The third-order valence-electron chi connectivity index (χ3n) is 3.42. The van der Waals surface area contributed by atoms with E-state index in [1.54, 1.807) is 0 Å². The van der Waals surface area contributed by atoms with Crippen molar-refractivity contribution in [1.29, 1.82) is 0 Å². The summed E-state index contributed by atoms with van der Waals surface area (Å²) in [7, 11) is 0. The van der Waals surface area contributed by atoms with Crippen molar-refractivity contribution < 1.29 is 9.21 Å². The first kappa shape index (κ1) is 14.4. The molecule has 0 fully saturated rings. The Hall–Kier alpha value is -2.03. The maximum atomic E-state index is 12.1. The molecule has 0 aliphatic rings. The van der Waals surface area contributed by atoms with Crippen LogP contribution in [0.15, 0.2) is 34.7 Å². The van der Waals surface area contributed by atoms with E-state index in [-0.39, 0.29) is 5.91 Å². The second-order valence-electron chi connectivity index (χ2n) is 5.40. The van der Waals surface area contributed by atoms with Crippen LogP contribution in [0.4, 0.5) is 0 Å². The fraction of sp³-hybridized carbons (Fsp3) is 0.353. The van der Waals surface area contributed by atoms with E-state index in [2.05, 4.69) is 19.2 Å². The summed E-state index contributed by atoms with van der Waals surface area (Å²) in [6.45, 7) is 8.58. The Morgan fingerprint density at radius 1 is 1.20 bits per heavy atom. The molecule has 1 heterocycles. The largest absolute Gasteiger partial charge is 0.466 e. The lowest BCUT2D eigenvalue weighted by Gasteiger charge is -2.07. The van der Waals surface area contributed by atoms with Gasteiger partial charge in [-0.1, -0.05) is 26.0 Å². The first-order valence-corrected chi connectivity index (χ1v) is 6.91. The first-order valence-electron chi connectivity index (χ1n) is 6.91. The van der Waals surface area contributed by atoms with Crippen LogP contribution in [0.3, 0.4) is 0 Å². The minimum Gasteiger partial charge on any atom is -0.466 e. The predicted molar refractivity (Wildman–Crippen MR) is 79.9 cm³/mol. The highest BCUT2D eigenvalue weighted by Gasteiger charge is 2.09. The van der Waals surface area contributed by atoms with Gasteiger partial charge in [-0.3, -0.25) is 4.79 Å². The van der Waals surface area contributed by atoms with Crippen LogP contribution >= 0.6 is 0 Å². The van der Waals surface area contributed by atoms with Crippen molar-refractivity contribution in [3.63, 3.8) is 0 Å². The zero-order valence-corrected chi connectivity index (χ0v) is 12.5. The third-order valence-corrected chi connectivity index (χ3v) is 3.42. The summed E-state index contributed by atoms with van der Waals surface area (Å²) >= 11 is 0. The van der Waals surface area contributed by atoms with E-state index in [1.165, 1.54) is 5.56 Å². The lowest BCUT2D eigenvalue weighted by atomic mass is 10.0. The normalized spacial score (nSPS) is 10.8. The van der Waals surface area contributed by atoms with E-state index >= 15 is 0 Å². The van der Waals surface area contributed by atoms with Gasteiger partial charge in [-0.25, -0.2) is 0 Å². The second kappa shape index (κ2) is 5.95. The fourth-order valence-electron chi connectivity index (χ4n) is 2.16. The second-order valence-corrected chi connectivity index (χ2v) is 5.40. The van der Waals surface area contributed by atoms with Gasteiger partial charge in [0, 0.05) is 17.7 Å². The molecule has 3 nitrogen and oxygen atoms in total. The Morgan fingerprint density at radius 2 is 1.85 bits per heavy atom. The van der Waals surface area contributed by atoms with Gasteiger partial charge >= 0.3 is 0 Å². The number of amides is 1. The van der Waals surface area contributed by atoms with E-state index in [0.717, 1.165) is 17.1 Å². The van der Waals surface area contributed by atoms with Gasteiger partial charge < -0.3 is 9.73 Å². The van der Waals surface area contributed by atoms with E-state index in [4.69, 9.17) is 4.42 Å². The highest BCUT2D eigenvalue weighted by atomic mass is 16.3. The SMILES string of the molecule is Cc1cc(CNC(=O)c2ccc(C(C)C)cc2)c(C)o1.